The Morgan fingerprint density at radius 1 is 1.15 bits per heavy atom. The molecular weight excluding hydrogens is 357 g/mol. The van der Waals surface area contributed by atoms with Crippen LogP contribution in [-0.4, -0.2) is 7.05 Å². The normalized spacial score (nSPS) is 12.4. The number of halogens is 3. The van der Waals surface area contributed by atoms with Gasteiger partial charge in [-0.3, -0.25) is 0 Å². The summed E-state index contributed by atoms with van der Waals surface area (Å²) in [5.74, 6) is 0. The first-order valence-electron chi connectivity index (χ1n) is 6.38. The molecule has 1 unspecified atom stereocenters. The van der Waals surface area contributed by atoms with Gasteiger partial charge in [0.15, 0.2) is 0 Å². The van der Waals surface area contributed by atoms with Gasteiger partial charge in [-0.2, -0.15) is 0 Å². The van der Waals surface area contributed by atoms with E-state index in [2.05, 4.69) is 34.2 Å². The zero-order valence-corrected chi connectivity index (χ0v) is 14.5. The molecule has 2 rings (SSSR count). The van der Waals surface area contributed by atoms with E-state index in [0.717, 1.165) is 26.5 Å². The molecule has 1 nitrogen and oxygen atoms in total. The molecule has 106 valence electrons. The minimum absolute atomic E-state index is 0.187. The van der Waals surface area contributed by atoms with Crippen molar-refractivity contribution in [3.63, 3.8) is 0 Å². The molecule has 0 aromatic heterocycles. The van der Waals surface area contributed by atoms with Gasteiger partial charge in [0, 0.05) is 20.6 Å². The first kappa shape index (κ1) is 15.8. The van der Waals surface area contributed by atoms with Gasteiger partial charge >= 0.3 is 0 Å². The number of nitrogens with one attached hydrogen (secondary N) is 1. The summed E-state index contributed by atoms with van der Waals surface area (Å²) in [5, 5.41) is 4.88. The van der Waals surface area contributed by atoms with Crippen molar-refractivity contribution in [3.05, 3.63) is 67.6 Å². The molecule has 2 aromatic carbocycles. The molecule has 0 radical (unpaired) electrons. The molecule has 4 heteroatoms. The topological polar surface area (TPSA) is 12.0 Å². The Kier molecular flexibility index (Phi) is 5.50. The molecule has 20 heavy (non-hydrogen) atoms. The second-order valence-electron chi connectivity index (χ2n) is 4.78. The molecule has 0 aliphatic rings. The van der Waals surface area contributed by atoms with E-state index >= 15 is 0 Å². The lowest BCUT2D eigenvalue weighted by atomic mass is 9.95. The van der Waals surface area contributed by atoms with E-state index in [1.54, 1.807) is 0 Å². The van der Waals surface area contributed by atoms with Gasteiger partial charge in [0.2, 0.25) is 0 Å². The van der Waals surface area contributed by atoms with Gasteiger partial charge < -0.3 is 5.32 Å². The molecule has 0 saturated heterocycles. The van der Waals surface area contributed by atoms with Crippen molar-refractivity contribution >= 4 is 39.1 Å². The SMILES string of the molecule is CNC(Cc1ccc(Br)cc1Cl)c1cc(Cl)ccc1C. The van der Waals surface area contributed by atoms with Gasteiger partial charge in [-0.05, 0) is 61.3 Å². The molecule has 2 aromatic rings. The number of aryl methyl sites for hydroxylation is 1. The quantitative estimate of drug-likeness (QED) is 0.739. The van der Waals surface area contributed by atoms with Crippen molar-refractivity contribution in [1.29, 1.82) is 0 Å². The molecule has 0 aliphatic heterocycles. The molecule has 0 aliphatic carbocycles. The largest absolute Gasteiger partial charge is 0.313 e. The molecule has 0 saturated carbocycles. The predicted octanol–water partition coefficient (Wildman–Crippen LogP) is 5.57. The van der Waals surface area contributed by atoms with Crippen molar-refractivity contribution in [2.75, 3.05) is 7.05 Å². The van der Waals surface area contributed by atoms with Gasteiger partial charge in [0.1, 0.15) is 0 Å². The zero-order chi connectivity index (χ0) is 14.7. The van der Waals surface area contributed by atoms with Crippen LogP contribution in [0.5, 0.6) is 0 Å². The smallest absolute Gasteiger partial charge is 0.0449 e. The van der Waals surface area contributed by atoms with Crippen LogP contribution in [0.25, 0.3) is 0 Å². The van der Waals surface area contributed by atoms with Crippen molar-refractivity contribution in [2.24, 2.45) is 0 Å². The molecule has 0 heterocycles. The van der Waals surface area contributed by atoms with Crippen LogP contribution >= 0.6 is 39.1 Å². The van der Waals surface area contributed by atoms with E-state index in [0.29, 0.717) is 0 Å². The molecule has 1 atom stereocenters. The van der Waals surface area contributed by atoms with E-state index in [1.807, 2.05) is 37.4 Å². The minimum Gasteiger partial charge on any atom is -0.313 e. The number of rotatable bonds is 4. The van der Waals surface area contributed by atoms with Gasteiger partial charge in [-0.1, -0.05) is 51.3 Å². The van der Waals surface area contributed by atoms with Crippen LogP contribution < -0.4 is 5.32 Å². The van der Waals surface area contributed by atoms with Crippen molar-refractivity contribution in [1.82, 2.24) is 5.32 Å². The number of likely N-dealkylation sites (N-methyl/N-ethyl adjacent to an activating group) is 1. The Labute approximate surface area is 138 Å². The Balaban J connectivity index is 2.31. The Hall–Kier alpha value is -0.540. The van der Waals surface area contributed by atoms with Crippen LogP contribution in [0.4, 0.5) is 0 Å². The van der Waals surface area contributed by atoms with Crippen molar-refractivity contribution in [2.45, 2.75) is 19.4 Å². The molecular formula is C16H16BrCl2N. The lowest BCUT2D eigenvalue weighted by Gasteiger charge is -2.20. The molecule has 0 spiro atoms. The highest BCUT2D eigenvalue weighted by atomic mass is 79.9. The lowest BCUT2D eigenvalue weighted by molar-refractivity contribution is 0.589. The van der Waals surface area contributed by atoms with Crippen LogP contribution in [0.3, 0.4) is 0 Å². The summed E-state index contributed by atoms with van der Waals surface area (Å²) in [4.78, 5) is 0. The van der Waals surface area contributed by atoms with Crippen LogP contribution in [0.2, 0.25) is 10.0 Å². The second-order valence-corrected chi connectivity index (χ2v) is 6.54. The maximum absolute atomic E-state index is 6.31. The van der Waals surface area contributed by atoms with Gasteiger partial charge in [0.25, 0.3) is 0 Å². The van der Waals surface area contributed by atoms with E-state index in [-0.39, 0.29) is 6.04 Å². The summed E-state index contributed by atoms with van der Waals surface area (Å²) in [5.41, 5.74) is 3.55. The van der Waals surface area contributed by atoms with Crippen LogP contribution in [0.1, 0.15) is 22.7 Å². The Morgan fingerprint density at radius 2 is 1.90 bits per heavy atom. The van der Waals surface area contributed by atoms with Crippen molar-refractivity contribution < 1.29 is 0 Å². The van der Waals surface area contributed by atoms with Crippen LogP contribution in [0.15, 0.2) is 40.9 Å². The maximum Gasteiger partial charge on any atom is 0.0449 e. The van der Waals surface area contributed by atoms with E-state index in [9.17, 15) is 0 Å². The third-order valence-corrected chi connectivity index (χ3v) is 4.48. The van der Waals surface area contributed by atoms with Gasteiger partial charge in [0.05, 0.1) is 0 Å². The zero-order valence-electron chi connectivity index (χ0n) is 11.4. The maximum atomic E-state index is 6.31. The van der Waals surface area contributed by atoms with Crippen LogP contribution in [0, 0.1) is 6.92 Å². The summed E-state index contributed by atoms with van der Waals surface area (Å²) in [7, 11) is 1.96. The molecule has 0 amide bonds. The van der Waals surface area contributed by atoms with Crippen LogP contribution in [-0.2, 0) is 6.42 Å². The fourth-order valence-electron chi connectivity index (χ4n) is 2.26. The van der Waals surface area contributed by atoms with E-state index in [1.165, 1.54) is 11.1 Å². The molecule has 0 bridgehead atoms. The first-order valence-corrected chi connectivity index (χ1v) is 7.93. The summed E-state index contributed by atoms with van der Waals surface area (Å²) < 4.78 is 0.992. The highest BCUT2D eigenvalue weighted by Gasteiger charge is 2.15. The van der Waals surface area contributed by atoms with E-state index < -0.39 is 0 Å². The average Bonchev–Trinajstić information content (AvgIpc) is 2.41. The fraction of sp³-hybridized carbons (Fsp3) is 0.250. The minimum atomic E-state index is 0.187. The molecule has 1 N–H and O–H groups in total. The Morgan fingerprint density at radius 3 is 2.55 bits per heavy atom. The first-order chi connectivity index (χ1) is 9.51. The Bertz CT molecular complexity index is 613. The van der Waals surface area contributed by atoms with E-state index in [4.69, 9.17) is 23.2 Å². The summed E-state index contributed by atoms with van der Waals surface area (Å²) in [6, 6.07) is 12.2. The molecule has 0 fully saturated rings. The lowest BCUT2D eigenvalue weighted by Crippen LogP contribution is -2.20. The second kappa shape index (κ2) is 6.95. The fourth-order valence-corrected chi connectivity index (χ4v) is 3.19. The van der Waals surface area contributed by atoms with Gasteiger partial charge in [-0.15, -0.1) is 0 Å². The number of benzene rings is 2. The van der Waals surface area contributed by atoms with Crippen molar-refractivity contribution in [3.8, 4) is 0 Å². The average molecular weight is 373 g/mol. The highest BCUT2D eigenvalue weighted by molar-refractivity contribution is 9.10. The standard InChI is InChI=1S/C16H16BrCl2N/c1-10-3-6-13(18)9-14(10)16(20-2)7-11-4-5-12(17)8-15(11)19/h3-6,8-9,16,20H,7H2,1-2H3. The predicted molar refractivity (Wildman–Crippen MR) is 90.8 cm³/mol. The third-order valence-electron chi connectivity index (χ3n) is 3.40. The monoisotopic (exact) mass is 371 g/mol. The van der Waals surface area contributed by atoms with Gasteiger partial charge in [-0.25, -0.2) is 0 Å². The number of hydrogen-bond acceptors (Lipinski definition) is 1. The number of hydrogen-bond donors (Lipinski definition) is 1. The third kappa shape index (κ3) is 3.76. The summed E-state index contributed by atoms with van der Waals surface area (Å²) in [6.07, 6.45) is 0.823. The highest BCUT2D eigenvalue weighted by Crippen LogP contribution is 2.28. The summed E-state index contributed by atoms with van der Waals surface area (Å²) >= 11 is 15.8. The summed E-state index contributed by atoms with van der Waals surface area (Å²) in [6.45, 7) is 2.10.